The van der Waals surface area contributed by atoms with Crippen molar-refractivity contribution in [3.63, 3.8) is 0 Å². The van der Waals surface area contributed by atoms with Crippen LogP contribution in [0.5, 0.6) is 0 Å². The molecule has 4 heteroatoms. The zero-order valence-corrected chi connectivity index (χ0v) is 35.0. The van der Waals surface area contributed by atoms with E-state index in [0.29, 0.717) is 17.5 Å². The van der Waals surface area contributed by atoms with Gasteiger partial charge in [0.25, 0.3) is 0 Å². The van der Waals surface area contributed by atoms with Gasteiger partial charge in [-0.15, -0.1) is 0 Å². The summed E-state index contributed by atoms with van der Waals surface area (Å²) in [6.07, 6.45) is 0. The van der Waals surface area contributed by atoms with Crippen LogP contribution < -0.4 is 0 Å². The quantitative estimate of drug-likeness (QED) is 0.162. The Morgan fingerprint density at radius 2 is 0.738 bits per heavy atom. The lowest BCUT2D eigenvalue weighted by molar-refractivity contribution is 0.669. The van der Waals surface area contributed by atoms with Gasteiger partial charge in [-0.05, 0) is 117 Å². The Morgan fingerprint density at radius 3 is 1.43 bits per heavy atom. The van der Waals surface area contributed by atoms with Gasteiger partial charge in [-0.25, -0.2) is 15.0 Å². The van der Waals surface area contributed by atoms with Crippen molar-refractivity contribution in [1.29, 1.82) is 0 Å². The maximum absolute atomic E-state index is 6.44. The molecule has 0 unspecified atom stereocenters. The maximum atomic E-state index is 6.44. The van der Waals surface area contributed by atoms with Gasteiger partial charge in [-0.1, -0.05) is 182 Å². The number of nitrogens with zero attached hydrogens (tertiary/aromatic N) is 3. The van der Waals surface area contributed by atoms with E-state index in [1.807, 2.05) is 60.7 Å². The van der Waals surface area contributed by atoms with Crippen molar-refractivity contribution in [3.8, 4) is 56.4 Å². The Balaban J connectivity index is 0.904. The van der Waals surface area contributed by atoms with Gasteiger partial charge in [0.15, 0.2) is 17.5 Å². The molecule has 0 bridgehead atoms. The van der Waals surface area contributed by atoms with Crippen molar-refractivity contribution in [1.82, 2.24) is 15.0 Å². The molecule has 0 aliphatic rings. The van der Waals surface area contributed by atoms with Gasteiger partial charge >= 0.3 is 0 Å². The molecule has 0 N–H and O–H groups in total. The molecule has 0 atom stereocenters. The predicted octanol–water partition coefficient (Wildman–Crippen LogP) is 16.5. The number of furan rings is 1. The molecule has 0 spiro atoms. The number of rotatable bonds is 5. The molecule has 2 aromatic heterocycles. The number of benzene rings is 11. The molecule has 0 aliphatic heterocycles. The fourth-order valence-electron chi connectivity index (χ4n) is 10.4. The Kier molecular flexibility index (Phi) is 7.65. The number of para-hydroxylation sites is 2. The van der Waals surface area contributed by atoms with Crippen LogP contribution in [0.3, 0.4) is 0 Å². The van der Waals surface area contributed by atoms with Crippen LogP contribution in [-0.4, -0.2) is 15.0 Å². The molecular formula is C61H35N3O. The average Bonchev–Trinajstić information content (AvgIpc) is 3.76. The summed E-state index contributed by atoms with van der Waals surface area (Å²) < 4.78 is 6.44. The highest BCUT2D eigenvalue weighted by Gasteiger charge is 2.19. The van der Waals surface area contributed by atoms with Gasteiger partial charge in [0.2, 0.25) is 0 Å². The molecule has 14 rings (SSSR count). The van der Waals surface area contributed by atoms with Crippen LogP contribution in [0.1, 0.15) is 0 Å². The first-order chi connectivity index (χ1) is 32.2. The molecule has 65 heavy (non-hydrogen) atoms. The smallest absolute Gasteiger partial charge is 0.167 e. The molecule has 14 aromatic rings. The minimum Gasteiger partial charge on any atom is -0.455 e. The third-order valence-electron chi connectivity index (χ3n) is 13.4. The minimum atomic E-state index is 0.567. The van der Waals surface area contributed by atoms with Crippen molar-refractivity contribution in [2.24, 2.45) is 0 Å². The Labute approximate surface area is 373 Å². The molecule has 0 saturated heterocycles. The van der Waals surface area contributed by atoms with E-state index in [4.69, 9.17) is 19.4 Å². The highest BCUT2D eigenvalue weighted by molar-refractivity contribution is 6.37. The number of aromatic nitrogens is 3. The molecule has 0 fully saturated rings. The Bertz CT molecular complexity index is 4220. The Morgan fingerprint density at radius 1 is 0.262 bits per heavy atom. The fraction of sp³-hybridized carbons (Fsp3) is 0. The van der Waals surface area contributed by atoms with E-state index in [-0.39, 0.29) is 0 Å². The van der Waals surface area contributed by atoms with Gasteiger partial charge in [-0.3, -0.25) is 0 Å². The van der Waals surface area contributed by atoms with Crippen LogP contribution in [0.4, 0.5) is 0 Å². The van der Waals surface area contributed by atoms with Crippen LogP contribution in [-0.2, 0) is 0 Å². The summed E-state index contributed by atoms with van der Waals surface area (Å²) in [7, 11) is 0. The van der Waals surface area contributed by atoms with Gasteiger partial charge < -0.3 is 4.42 Å². The summed E-state index contributed by atoms with van der Waals surface area (Å²) in [5.41, 5.74) is 8.85. The summed E-state index contributed by atoms with van der Waals surface area (Å²) in [5.74, 6) is 1.78. The number of fused-ring (bicyclic) bond motifs is 5. The Hall–Kier alpha value is -8.73. The maximum Gasteiger partial charge on any atom is 0.167 e. The van der Waals surface area contributed by atoms with E-state index in [2.05, 4.69) is 152 Å². The first-order valence-corrected chi connectivity index (χ1v) is 22.1. The van der Waals surface area contributed by atoms with E-state index < -0.39 is 0 Å². The standard InChI is InChI=1S/C61H35N3O/c1-2-11-40(12-3-1)59-62-60(64-61(63-59)51-23-10-22-50-46-18-4-5-24-53(46)65-58(50)51)41-30-25-36(26-31-41)42-16-6-17-43(33-42)45-34-44-32-29-39-14-8-20-48-47-19-7-13-37-27-28-38-15-9-21-49(56(38)54(37)47)52(35-45)57(44)55(39)48/h1-35H. The summed E-state index contributed by atoms with van der Waals surface area (Å²) in [6.45, 7) is 0. The van der Waals surface area contributed by atoms with Crippen LogP contribution >= 0.6 is 0 Å². The topological polar surface area (TPSA) is 51.8 Å². The van der Waals surface area contributed by atoms with E-state index in [1.165, 1.54) is 75.8 Å². The average molecular weight is 826 g/mol. The first-order valence-electron chi connectivity index (χ1n) is 22.1. The van der Waals surface area contributed by atoms with Crippen LogP contribution in [0, 0.1) is 0 Å². The van der Waals surface area contributed by atoms with Crippen molar-refractivity contribution in [2.75, 3.05) is 0 Å². The second-order valence-electron chi connectivity index (χ2n) is 17.1. The first kappa shape index (κ1) is 35.8. The van der Waals surface area contributed by atoms with E-state index in [1.54, 1.807) is 0 Å². The van der Waals surface area contributed by atoms with Gasteiger partial charge in [0, 0.05) is 21.9 Å². The lowest BCUT2D eigenvalue weighted by Gasteiger charge is -2.17. The minimum absolute atomic E-state index is 0.567. The predicted molar refractivity (Wildman–Crippen MR) is 271 cm³/mol. The fourth-order valence-corrected chi connectivity index (χ4v) is 10.4. The van der Waals surface area contributed by atoms with Crippen molar-refractivity contribution < 1.29 is 4.42 Å². The van der Waals surface area contributed by atoms with Crippen LogP contribution in [0.15, 0.2) is 217 Å². The normalized spacial score (nSPS) is 12.0. The highest BCUT2D eigenvalue weighted by atomic mass is 16.3. The lowest BCUT2D eigenvalue weighted by Crippen LogP contribution is -2.00. The summed E-state index contributed by atoms with van der Waals surface area (Å²) >= 11 is 0. The van der Waals surface area contributed by atoms with E-state index in [0.717, 1.165) is 49.8 Å². The molecule has 300 valence electrons. The van der Waals surface area contributed by atoms with E-state index in [9.17, 15) is 0 Å². The number of hydrogen-bond acceptors (Lipinski definition) is 4. The summed E-state index contributed by atoms with van der Waals surface area (Å²) in [4.78, 5) is 15.2. The molecule has 2 heterocycles. The van der Waals surface area contributed by atoms with Gasteiger partial charge in [0.05, 0.1) is 5.56 Å². The van der Waals surface area contributed by atoms with Gasteiger partial charge in [0.1, 0.15) is 11.2 Å². The molecule has 0 aliphatic carbocycles. The van der Waals surface area contributed by atoms with Crippen LogP contribution in [0.25, 0.3) is 143 Å². The third kappa shape index (κ3) is 5.54. The highest BCUT2D eigenvalue weighted by Crippen LogP contribution is 2.45. The van der Waals surface area contributed by atoms with Crippen molar-refractivity contribution in [2.45, 2.75) is 0 Å². The largest absolute Gasteiger partial charge is 0.455 e. The SMILES string of the molecule is c1ccc(-c2nc(-c3ccc(-c4cccc(-c5cc6ccc7cccc8c9cccc%10ccc%11cccc(c(c5)c6c78)c%11c%109)c4)cc3)nc(-c3cccc4c3oc3ccccc34)n2)cc1. The monoisotopic (exact) mass is 825 g/mol. The second kappa shape index (κ2) is 13.9. The molecule has 12 aromatic carbocycles. The van der Waals surface area contributed by atoms with Crippen molar-refractivity contribution >= 4 is 86.6 Å². The lowest BCUT2D eigenvalue weighted by atomic mass is 9.86. The molecular weight excluding hydrogens is 791 g/mol. The molecule has 4 nitrogen and oxygen atoms in total. The third-order valence-corrected chi connectivity index (χ3v) is 13.4. The summed E-state index contributed by atoms with van der Waals surface area (Å²) in [6, 6.07) is 76.1. The van der Waals surface area contributed by atoms with Gasteiger partial charge in [-0.2, -0.15) is 0 Å². The molecule has 0 saturated carbocycles. The summed E-state index contributed by atoms with van der Waals surface area (Å²) in [5, 5.41) is 17.5. The van der Waals surface area contributed by atoms with Crippen molar-refractivity contribution in [3.05, 3.63) is 212 Å². The number of hydrogen-bond donors (Lipinski definition) is 0. The molecule has 0 radical (unpaired) electrons. The second-order valence-corrected chi connectivity index (χ2v) is 17.1. The van der Waals surface area contributed by atoms with Crippen LogP contribution in [0.2, 0.25) is 0 Å². The zero-order chi connectivity index (χ0) is 42.6. The molecule has 0 amide bonds. The van der Waals surface area contributed by atoms with E-state index >= 15 is 0 Å². The zero-order valence-electron chi connectivity index (χ0n) is 35.0.